The number of fused-ring (bicyclic) bond motifs is 1. The second kappa shape index (κ2) is 9.77. The Labute approximate surface area is 199 Å². The third kappa shape index (κ3) is 5.04. The molecular weight excluding hydrogens is 458 g/mol. The zero-order chi connectivity index (χ0) is 23.6. The fourth-order valence-corrected chi connectivity index (χ4v) is 6.49. The molecule has 0 spiro atoms. The first kappa shape index (κ1) is 23.6. The zero-order valence-corrected chi connectivity index (χ0v) is 20.5. The standard InChI is InChI=1S/C24H29N3O4S2/c1-3-17-10-8-9-16(2)21(17)26-33(30,31)18-11-12-20-19(15-18)25-23(28)22(32-20)24(29)27-13-6-4-5-7-14-27/h8-12,15,22,26H,3-7,13-14H2,1-2H3,(H,25,28)/t22-/m1/s1. The summed E-state index contributed by atoms with van der Waals surface area (Å²) in [5.74, 6) is -0.577. The van der Waals surface area contributed by atoms with Crippen LogP contribution in [-0.4, -0.2) is 43.5 Å². The van der Waals surface area contributed by atoms with Crippen LogP contribution in [0.25, 0.3) is 0 Å². The summed E-state index contributed by atoms with van der Waals surface area (Å²) in [6, 6.07) is 10.3. The van der Waals surface area contributed by atoms with Crippen molar-refractivity contribution in [2.24, 2.45) is 0 Å². The van der Waals surface area contributed by atoms with Crippen molar-refractivity contribution in [3.05, 3.63) is 47.5 Å². The fourth-order valence-electron chi connectivity index (χ4n) is 4.24. The van der Waals surface area contributed by atoms with Crippen molar-refractivity contribution < 1.29 is 18.0 Å². The molecule has 9 heteroatoms. The summed E-state index contributed by atoms with van der Waals surface area (Å²) in [5.41, 5.74) is 2.75. The molecule has 33 heavy (non-hydrogen) atoms. The third-order valence-corrected chi connectivity index (χ3v) is 8.73. The van der Waals surface area contributed by atoms with E-state index in [1.165, 1.54) is 23.9 Å². The summed E-state index contributed by atoms with van der Waals surface area (Å²) in [5, 5.41) is 1.90. The van der Waals surface area contributed by atoms with Crippen LogP contribution in [0.5, 0.6) is 0 Å². The fraction of sp³-hybridized carbons (Fsp3) is 0.417. The van der Waals surface area contributed by atoms with E-state index >= 15 is 0 Å². The molecule has 2 aromatic carbocycles. The minimum absolute atomic E-state index is 0.0600. The lowest BCUT2D eigenvalue weighted by Gasteiger charge is -2.29. The number of anilines is 2. The van der Waals surface area contributed by atoms with Crippen molar-refractivity contribution >= 4 is 45.0 Å². The Morgan fingerprint density at radius 3 is 2.58 bits per heavy atom. The molecular formula is C24H29N3O4S2. The molecule has 2 aliphatic rings. The smallest absolute Gasteiger partial charge is 0.261 e. The molecule has 0 unspecified atom stereocenters. The van der Waals surface area contributed by atoms with E-state index in [4.69, 9.17) is 0 Å². The predicted octanol–water partition coefficient (Wildman–Crippen LogP) is 4.17. The first-order chi connectivity index (χ1) is 15.8. The second-order valence-electron chi connectivity index (χ2n) is 8.45. The van der Waals surface area contributed by atoms with Crippen molar-refractivity contribution in [3.8, 4) is 0 Å². The lowest BCUT2D eigenvalue weighted by molar-refractivity contribution is -0.133. The molecule has 0 radical (unpaired) electrons. The number of sulfonamides is 1. The Balaban J connectivity index is 1.56. The Hall–Kier alpha value is -2.52. The number of aryl methyl sites for hydroxylation is 2. The largest absolute Gasteiger partial charge is 0.341 e. The quantitative estimate of drug-likeness (QED) is 0.617. The summed E-state index contributed by atoms with van der Waals surface area (Å²) in [6.07, 6.45) is 4.81. The highest BCUT2D eigenvalue weighted by atomic mass is 32.2. The molecule has 2 N–H and O–H groups in total. The van der Waals surface area contributed by atoms with E-state index in [0.29, 0.717) is 35.8 Å². The van der Waals surface area contributed by atoms with Crippen LogP contribution in [0.3, 0.4) is 0 Å². The van der Waals surface area contributed by atoms with Crippen LogP contribution in [0.2, 0.25) is 0 Å². The van der Waals surface area contributed by atoms with E-state index in [1.807, 2.05) is 32.0 Å². The highest BCUT2D eigenvalue weighted by Gasteiger charge is 2.36. The molecule has 0 aliphatic carbocycles. The van der Waals surface area contributed by atoms with Gasteiger partial charge in [-0.2, -0.15) is 0 Å². The van der Waals surface area contributed by atoms with Crippen LogP contribution in [0.1, 0.15) is 43.7 Å². The van der Waals surface area contributed by atoms with Crippen molar-refractivity contribution in [1.82, 2.24) is 4.90 Å². The number of likely N-dealkylation sites (tertiary alicyclic amines) is 1. The van der Waals surface area contributed by atoms with E-state index in [0.717, 1.165) is 36.8 Å². The van der Waals surface area contributed by atoms with Gasteiger partial charge in [0, 0.05) is 18.0 Å². The van der Waals surface area contributed by atoms with Crippen LogP contribution in [-0.2, 0) is 26.0 Å². The predicted molar refractivity (Wildman–Crippen MR) is 131 cm³/mol. The number of thioether (sulfide) groups is 1. The number of amides is 2. The average molecular weight is 488 g/mol. The molecule has 0 aromatic heterocycles. The van der Waals surface area contributed by atoms with Gasteiger partial charge in [-0.3, -0.25) is 14.3 Å². The molecule has 1 saturated heterocycles. The van der Waals surface area contributed by atoms with Crippen LogP contribution < -0.4 is 10.0 Å². The summed E-state index contributed by atoms with van der Waals surface area (Å²) in [6.45, 7) is 5.19. The van der Waals surface area contributed by atoms with Crippen molar-refractivity contribution in [2.45, 2.75) is 61.0 Å². The van der Waals surface area contributed by atoms with Crippen molar-refractivity contribution in [2.75, 3.05) is 23.1 Å². The summed E-state index contributed by atoms with van der Waals surface area (Å²) in [4.78, 5) is 28.3. The number of hydrogen-bond acceptors (Lipinski definition) is 5. The van der Waals surface area contributed by atoms with Gasteiger partial charge in [-0.05, 0) is 55.5 Å². The van der Waals surface area contributed by atoms with Gasteiger partial charge in [0.15, 0.2) is 5.25 Å². The normalized spacial score (nSPS) is 18.8. The topological polar surface area (TPSA) is 95.6 Å². The maximum absolute atomic E-state index is 13.1. The van der Waals surface area contributed by atoms with Crippen LogP contribution >= 0.6 is 11.8 Å². The van der Waals surface area contributed by atoms with E-state index in [9.17, 15) is 18.0 Å². The molecule has 2 heterocycles. The third-order valence-electron chi connectivity index (χ3n) is 6.12. The molecule has 1 fully saturated rings. The number of carbonyl (C=O) groups is 2. The maximum Gasteiger partial charge on any atom is 0.261 e. The van der Waals surface area contributed by atoms with E-state index in [-0.39, 0.29) is 10.8 Å². The average Bonchev–Trinajstić information content (AvgIpc) is 3.08. The summed E-state index contributed by atoms with van der Waals surface area (Å²) >= 11 is 1.19. The monoisotopic (exact) mass is 487 g/mol. The van der Waals surface area contributed by atoms with Gasteiger partial charge in [-0.1, -0.05) is 38.0 Å². The SMILES string of the molecule is CCc1cccc(C)c1NS(=O)(=O)c1ccc2c(c1)NC(=O)[C@H](C(=O)N1CCCCCC1)S2. The number of carbonyl (C=O) groups excluding carboxylic acids is 2. The molecule has 2 amide bonds. The second-order valence-corrected chi connectivity index (χ2v) is 11.3. The number of para-hydroxylation sites is 1. The highest BCUT2D eigenvalue weighted by molar-refractivity contribution is 8.01. The molecule has 0 bridgehead atoms. The van der Waals surface area contributed by atoms with Gasteiger partial charge < -0.3 is 10.2 Å². The first-order valence-electron chi connectivity index (χ1n) is 11.3. The number of benzene rings is 2. The van der Waals surface area contributed by atoms with Gasteiger partial charge in [-0.25, -0.2) is 8.42 Å². The molecule has 4 rings (SSSR count). The van der Waals surface area contributed by atoms with Gasteiger partial charge in [0.25, 0.3) is 10.0 Å². The molecule has 2 aromatic rings. The van der Waals surface area contributed by atoms with E-state index < -0.39 is 21.2 Å². The Kier molecular flexibility index (Phi) is 6.99. The summed E-state index contributed by atoms with van der Waals surface area (Å²) in [7, 11) is -3.86. The van der Waals surface area contributed by atoms with Gasteiger partial charge >= 0.3 is 0 Å². The molecule has 7 nitrogen and oxygen atoms in total. The zero-order valence-electron chi connectivity index (χ0n) is 18.9. The molecule has 2 aliphatic heterocycles. The number of rotatable bonds is 5. The maximum atomic E-state index is 13.1. The van der Waals surface area contributed by atoms with Crippen LogP contribution in [0.15, 0.2) is 46.2 Å². The Morgan fingerprint density at radius 1 is 1.15 bits per heavy atom. The Morgan fingerprint density at radius 2 is 1.88 bits per heavy atom. The lowest BCUT2D eigenvalue weighted by atomic mass is 10.1. The lowest BCUT2D eigenvalue weighted by Crippen LogP contribution is -2.45. The number of nitrogens with one attached hydrogen (secondary N) is 2. The van der Waals surface area contributed by atoms with Gasteiger partial charge in [0.05, 0.1) is 16.3 Å². The first-order valence-corrected chi connectivity index (χ1v) is 13.7. The van der Waals surface area contributed by atoms with Crippen molar-refractivity contribution in [1.29, 1.82) is 0 Å². The van der Waals surface area contributed by atoms with Crippen LogP contribution in [0, 0.1) is 6.92 Å². The highest BCUT2D eigenvalue weighted by Crippen LogP contribution is 2.38. The number of hydrogen-bond donors (Lipinski definition) is 2. The van der Waals surface area contributed by atoms with Crippen molar-refractivity contribution in [3.63, 3.8) is 0 Å². The van der Waals surface area contributed by atoms with Gasteiger partial charge in [0.1, 0.15) is 0 Å². The minimum atomic E-state index is -3.86. The molecule has 176 valence electrons. The summed E-state index contributed by atoms with van der Waals surface area (Å²) < 4.78 is 28.9. The van der Waals surface area contributed by atoms with Gasteiger partial charge in [0.2, 0.25) is 11.8 Å². The Bertz CT molecular complexity index is 1170. The number of nitrogens with zero attached hydrogens (tertiary/aromatic N) is 1. The molecule has 0 saturated carbocycles. The minimum Gasteiger partial charge on any atom is -0.341 e. The van der Waals surface area contributed by atoms with Crippen LogP contribution in [0.4, 0.5) is 11.4 Å². The van der Waals surface area contributed by atoms with E-state index in [2.05, 4.69) is 10.0 Å². The van der Waals surface area contributed by atoms with E-state index in [1.54, 1.807) is 11.0 Å². The molecule has 1 atom stereocenters. The van der Waals surface area contributed by atoms with Gasteiger partial charge in [-0.15, -0.1) is 11.8 Å².